The molecule has 0 bridgehead atoms. The van der Waals surface area contributed by atoms with Gasteiger partial charge in [0.05, 0.1) is 5.56 Å². The molecule has 1 aromatic carbocycles. The molecule has 0 spiro atoms. The zero-order valence-corrected chi connectivity index (χ0v) is 10.9. The van der Waals surface area contributed by atoms with Crippen molar-refractivity contribution in [3.05, 3.63) is 46.8 Å². The summed E-state index contributed by atoms with van der Waals surface area (Å²) in [6.07, 6.45) is 1.93. The average molecular weight is 252 g/mol. The minimum Gasteiger partial charge on any atom is -0.346 e. The zero-order valence-electron chi connectivity index (χ0n) is 10.1. The standard InChI is InChI=1S/C15H12N2S/c1-2-17-9-13(8-16)14-7-11(3-4-15(14)17)12-5-6-18-10-12/h3-7,9-10H,2H2,1H3. The van der Waals surface area contributed by atoms with Crippen LogP contribution >= 0.6 is 11.3 Å². The molecule has 0 saturated heterocycles. The lowest BCUT2D eigenvalue weighted by Crippen LogP contribution is -1.90. The molecule has 2 aromatic heterocycles. The SMILES string of the molecule is CCn1cc(C#N)c2cc(-c3ccsc3)ccc21. The van der Waals surface area contributed by atoms with Crippen molar-refractivity contribution in [2.45, 2.75) is 13.5 Å². The van der Waals surface area contributed by atoms with Crippen molar-refractivity contribution < 1.29 is 0 Å². The summed E-state index contributed by atoms with van der Waals surface area (Å²) in [5.41, 5.74) is 4.28. The van der Waals surface area contributed by atoms with E-state index in [9.17, 15) is 5.26 Å². The Morgan fingerprint density at radius 2 is 2.17 bits per heavy atom. The Bertz CT molecular complexity index is 730. The second-order valence-electron chi connectivity index (χ2n) is 4.18. The first-order valence-corrected chi connectivity index (χ1v) is 6.83. The van der Waals surface area contributed by atoms with Gasteiger partial charge in [0.1, 0.15) is 6.07 Å². The molecular weight excluding hydrogens is 240 g/mol. The van der Waals surface area contributed by atoms with E-state index < -0.39 is 0 Å². The molecular formula is C15H12N2S. The van der Waals surface area contributed by atoms with E-state index in [4.69, 9.17) is 0 Å². The highest BCUT2D eigenvalue weighted by Crippen LogP contribution is 2.28. The van der Waals surface area contributed by atoms with Crippen molar-refractivity contribution in [3.63, 3.8) is 0 Å². The van der Waals surface area contributed by atoms with Gasteiger partial charge in [-0.1, -0.05) is 6.07 Å². The zero-order chi connectivity index (χ0) is 12.5. The predicted octanol–water partition coefficient (Wildman–Crippen LogP) is 4.26. The minimum atomic E-state index is 0.754. The van der Waals surface area contributed by atoms with Gasteiger partial charge in [0.25, 0.3) is 0 Å². The number of fused-ring (bicyclic) bond motifs is 1. The second-order valence-corrected chi connectivity index (χ2v) is 4.96. The summed E-state index contributed by atoms with van der Waals surface area (Å²) < 4.78 is 2.12. The van der Waals surface area contributed by atoms with E-state index in [0.717, 1.165) is 23.0 Å². The predicted molar refractivity (Wildman–Crippen MR) is 75.6 cm³/mol. The molecule has 3 heteroatoms. The summed E-state index contributed by atoms with van der Waals surface area (Å²) >= 11 is 1.69. The Labute approximate surface area is 110 Å². The number of hydrogen-bond donors (Lipinski definition) is 0. The Kier molecular flexibility index (Phi) is 2.66. The smallest absolute Gasteiger partial charge is 0.101 e. The van der Waals surface area contributed by atoms with Gasteiger partial charge < -0.3 is 4.57 Å². The number of nitriles is 1. The van der Waals surface area contributed by atoms with Crippen LogP contribution in [-0.4, -0.2) is 4.57 Å². The number of rotatable bonds is 2. The molecule has 0 unspecified atom stereocenters. The molecule has 0 radical (unpaired) electrons. The van der Waals surface area contributed by atoms with Crippen LogP contribution in [0.25, 0.3) is 22.0 Å². The molecule has 88 valence electrons. The van der Waals surface area contributed by atoms with Crippen molar-refractivity contribution >= 4 is 22.2 Å². The van der Waals surface area contributed by atoms with E-state index in [2.05, 4.69) is 52.6 Å². The minimum absolute atomic E-state index is 0.754. The third kappa shape index (κ3) is 1.62. The monoisotopic (exact) mass is 252 g/mol. The molecule has 0 amide bonds. The van der Waals surface area contributed by atoms with Crippen LogP contribution in [0.5, 0.6) is 0 Å². The van der Waals surface area contributed by atoms with Gasteiger partial charge in [0.15, 0.2) is 0 Å². The van der Waals surface area contributed by atoms with E-state index in [0.29, 0.717) is 0 Å². The molecule has 2 nitrogen and oxygen atoms in total. The topological polar surface area (TPSA) is 28.7 Å². The molecule has 3 aromatic rings. The van der Waals surface area contributed by atoms with Crippen LogP contribution in [0.2, 0.25) is 0 Å². The number of aryl methyl sites for hydroxylation is 1. The number of hydrogen-bond acceptors (Lipinski definition) is 2. The maximum atomic E-state index is 9.20. The van der Waals surface area contributed by atoms with Crippen molar-refractivity contribution in [1.29, 1.82) is 5.26 Å². The highest BCUT2D eigenvalue weighted by Gasteiger charge is 2.08. The van der Waals surface area contributed by atoms with Gasteiger partial charge in [0.2, 0.25) is 0 Å². The number of nitrogens with zero attached hydrogens (tertiary/aromatic N) is 2. The molecule has 18 heavy (non-hydrogen) atoms. The van der Waals surface area contributed by atoms with Gasteiger partial charge in [-0.3, -0.25) is 0 Å². The van der Waals surface area contributed by atoms with Gasteiger partial charge in [0, 0.05) is 23.6 Å². The maximum Gasteiger partial charge on any atom is 0.101 e. The van der Waals surface area contributed by atoms with Crippen LogP contribution in [0.1, 0.15) is 12.5 Å². The molecule has 3 rings (SSSR count). The number of benzene rings is 1. The van der Waals surface area contributed by atoms with E-state index in [1.54, 1.807) is 11.3 Å². The van der Waals surface area contributed by atoms with Gasteiger partial charge in [-0.25, -0.2) is 0 Å². The third-order valence-corrected chi connectivity index (χ3v) is 3.88. The van der Waals surface area contributed by atoms with Gasteiger partial charge in [-0.15, -0.1) is 0 Å². The molecule has 0 aliphatic heterocycles. The average Bonchev–Trinajstić information content (AvgIpc) is 3.05. The van der Waals surface area contributed by atoms with Crippen LogP contribution < -0.4 is 0 Å². The van der Waals surface area contributed by atoms with Crippen molar-refractivity contribution in [2.24, 2.45) is 0 Å². The van der Waals surface area contributed by atoms with Crippen LogP contribution in [-0.2, 0) is 6.54 Å². The molecule has 2 heterocycles. The van der Waals surface area contributed by atoms with Gasteiger partial charge in [-0.2, -0.15) is 16.6 Å². The first kappa shape index (κ1) is 11.1. The summed E-state index contributed by atoms with van der Waals surface area (Å²) in [6.45, 7) is 2.98. The summed E-state index contributed by atoms with van der Waals surface area (Å²) in [4.78, 5) is 0. The highest BCUT2D eigenvalue weighted by atomic mass is 32.1. The Balaban J connectivity index is 2.26. The van der Waals surface area contributed by atoms with Gasteiger partial charge in [-0.05, 0) is 47.0 Å². The second kappa shape index (κ2) is 4.32. The van der Waals surface area contributed by atoms with E-state index in [1.165, 1.54) is 11.1 Å². The molecule has 0 aliphatic rings. The quantitative estimate of drug-likeness (QED) is 0.670. The van der Waals surface area contributed by atoms with E-state index in [-0.39, 0.29) is 0 Å². The normalized spacial score (nSPS) is 10.7. The highest BCUT2D eigenvalue weighted by molar-refractivity contribution is 7.08. The third-order valence-electron chi connectivity index (χ3n) is 3.20. The fourth-order valence-corrected chi connectivity index (χ4v) is 2.92. The molecule has 0 fully saturated rings. The number of aromatic nitrogens is 1. The lowest BCUT2D eigenvalue weighted by Gasteiger charge is -2.02. The van der Waals surface area contributed by atoms with Crippen LogP contribution in [0.4, 0.5) is 0 Å². The Morgan fingerprint density at radius 1 is 1.28 bits per heavy atom. The van der Waals surface area contributed by atoms with Gasteiger partial charge >= 0.3 is 0 Å². The van der Waals surface area contributed by atoms with E-state index >= 15 is 0 Å². The fraction of sp³-hybridized carbons (Fsp3) is 0.133. The summed E-state index contributed by atoms with van der Waals surface area (Å²) in [6, 6.07) is 10.7. The first-order chi connectivity index (χ1) is 8.83. The lowest BCUT2D eigenvalue weighted by atomic mass is 10.1. The molecule has 0 atom stereocenters. The van der Waals surface area contributed by atoms with Crippen LogP contribution in [0.15, 0.2) is 41.2 Å². The van der Waals surface area contributed by atoms with Crippen LogP contribution in [0.3, 0.4) is 0 Å². The summed E-state index contributed by atoms with van der Waals surface area (Å²) in [7, 11) is 0. The van der Waals surface area contributed by atoms with Crippen molar-refractivity contribution in [3.8, 4) is 17.2 Å². The van der Waals surface area contributed by atoms with Crippen molar-refractivity contribution in [2.75, 3.05) is 0 Å². The summed E-state index contributed by atoms with van der Waals surface area (Å²) in [5.74, 6) is 0. The lowest BCUT2D eigenvalue weighted by molar-refractivity contribution is 0.797. The molecule has 0 N–H and O–H groups in total. The maximum absolute atomic E-state index is 9.20. The molecule has 0 saturated carbocycles. The number of thiophene rings is 1. The molecule has 0 aliphatic carbocycles. The van der Waals surface area contributed by atoms with Crippen LogP contribution in [0, 0.1) is 11.3 Å². The Morgan fingerprint density at radius 3 is 2.83 bits per heavy atom. The Hall–Kier alpha value is -2.05. The fourth-order valence-electron chi connectivity index (χ4n) is 2.26. The first-order valence-electron chi connectivity index (χ1n) is 5.89. The largest absolute Gasteiger partial charge is 0.346 e. The van der Waals surface area contributed by atoms with E-state index in [1.807, 2.05) is 6.20 Å². The summed E-state index contributed by atoms with van der Waals surface area (Å²) in [5, 5.41) is 14.4. The van der Waals surface area contributed by atoms with Crippen molar-refractivity contribution in [1.82, 2.24) is 4.57 Å².